The van der Waals surface area contributed by atoms with Crippen molar-refractivity contribution in [3.63, 3.8) is 0 Å². The Kier molecular flexibility index (Phi) is 5.26. The van der Waals surface area contributed by atoms with Crippen LogP contribution < -0.4 is 15.1 Å². The minimum Gasteiger partial charge on any atom is -0.442 e. The predicted molar refractivity (Wildman–Crippen MR) is 92.4 cm³/mol. The van der Waals surface area contributed by atoms with E-state index in [9.17, 15) is 18.4 Å². The first-order valence-electron chi connectivity index (χ1n) is 8.50. The van der Waals surface area contributed by atoms with Crippen molar-refractivity contribution >= 4 is 23.4 Å². The Morgan fingerprint density at radius 3 is 2.42 bits per heavy atom. The molecular weight excluding hydrogens is 346 g/mol. The highest BCUT2D eigenvalue weighted by Gasteiger charge is 2.34. The molecule has 0 aliphatic carbocycles. The van der Waals surface area contributed by atoms with E-state index in [4.69, 9.17) is 4.74 Å². The first kappa shape index (κ1) is 18.4. The lowest BCUT2D eigenvalue weighted by atomic mass is 10.2. The van der Waals surface area contributed by atoms with Crippen LogP contribution in [0.15, 0.2) is 12.1 Å². The number of amides is 2. The van der Waals surface area contributed by atoms with Crippen molar-refractivity contribution in [1.82, 2.24) is 10.2 Å². The average Bonchev–Trinajstić information content (AvgIpc) is 2.95. The van der Waals surface area contributed by atoms with Gasteiger partial charge in [0, 0.05) is 45.2 Å². The van der Waals surface area contributed by atoms with E-state index in [1.54, 1.807) is 4.90 Å². The third-order valence-electron chi connectivity index (χ3n) is 4.59. The molecule has 1 atom stereocenters. The molecule has 142 valence electrons. The van der Waals surface area contributed by atoms with Crippen LogP contribution >= 0.6 is 0 Å². The molecule has 1 aromatic carbocycles. The standard InChI is InChI=1S/C17H22F2N4O3/c1-11(24)20-9-13-10-23(17(25)26-13)12-7-14(18)16(15(19)8-12)22-5-3-21(2)4-6-22/h7-8,13H,3-6,9-10H2,1-2H3,(H,20,24)/t13-/m0/s1. The zero-order chi connectivity index (χ0) is 18.8. The number of piperazine rings is 1. The van der Waals surface area contributed by atoms with Crippen molar-refractivity contribution < 1.29 is 23.1 Å². The molecule has 9 heteroatoms. The Labute approximate surface area is 150 Å². The number of carbonyl (C=O) groups excluding carboxylic acids is 2. The molecule has 0 bridgehead atoms. The molecule has 2 aliphatic rings. The number of likely N-dealkylation sites (N-methyl/N-ethyl adjacent to an activating group) is 1. The number of nitrogens with one attached hydrogen (secondary N) is 1. The summed E-state index contributed by atoms with van der Waals surface area (Å²) in [6.45, 7) is 4.15. The van der Waals surface area contributed by atoms with E-state index in [-0.39, 0.29) is 30.4 Å². The molecule has 1 N–H and O–H groups in total. The molecule has 2 fully saturated rings. The monoisotopic (exact) mass is 368 g/mol. The van der Waals surface area contributed by atoms with Gasteiger partial charge in [0.15, 0.2) is 11.6 Å². The SMILES string of the molecule is CC(=O)NC[C@H]1CN(c2cc(F)c(N3CCN(C)CC3)c(F)c2)C(=O)O1. The zero-order valence-electron chi connectivity index (χ0n) is 14.8. The van der Waals surface area contributed by atoms with Gasteiger partial charge in [-0.25, -0.2) is 13.6 Å². The Morgan fingerprint density at radius 1 is 1.23 bits per heavy atom. The second-order valence-corrected chi connectivity index (χ2v) is 6.60. The maximum atomic E-state index is 14.6. The maximum absolute atomic E-state index is 14.6. The molecule has 3 rings (SSSR count). The molecule has 0 unspecified atom stereocenters. The van der Waals surface area contributed by atoms with Gasteiger partial charge in [0.2, 0.25) is 5.91 Å². The molecule has 0 spiro atoms. The number of hydrogen-bond acceptors (Lipinski definition) is 5. The number of cyclic esters (lactones) is 1. The van der Waals surface area contributed by atoms with Gasteiger partial charge in [-0.05, 0) is 7.05 Å². The van der Waals surface area contributed by atoms with E-state index in [0.717, 1.165) is 25.2 Å². The van der Waals surface area contributed by atoms with Gasteiger partial charge < -0.3 is 19.9 Å². The lowest BCUT2D eigenvalue weighted by molar-refractivity contribution is -0.119. The third kappa shape index (κ3) is 3.87. The summed E-state index contributed by atoms with van der Waals surface area (Å²) in [5, 5.41) is 2.56. The van der Waals surface area contributed by atoms with Gasteiger partial charge in [0.1, 0.15) is 11.8 Å². The second-order valence-electron chi connectivity index (χ2n) is 6.60. The lowest BCUT2D eigenvalue weighted by Crippen LogP contribution is -2.45. The zero-order valence-corrected chi connectivity index (χ0v) is 14.8. The second kappa shape index (κ2) is 7.45. The first-order chi connectivity index (χ1) is 12.3. The molecule has 2 amide bonds. The normalized spacial score (nSPS) is 21.1. The molecule has 7 nitrogen and oxygen atoms in total. The van der Waals surface area contributed by atoms with Gasteiger partial charge >= 0.3 is 6.09 Å². The largest absolute Gasteiger partial charge is 0.442 e. The molecule has 26 heavy (non-hydrogen) atoms. The molecule has 2 heterocycles. The van der Waals surface area contributed by atoms with Crippen molar-refractivity contribution in [2.45, 2.75) is 13.0 Å². The Bertz CT molecular complexity index is 684. The fourth-order valence-electron chi connectivity index (χ4n) is 3.14. The summed E-state index contributed by atoms with van der Waals surface area (Å²) in [7, 11) is 1.96. The van der Waals surface area contributed by atoms with E-state index in [2.05, 4.69) is 10.2 Å². The summed E-state index contributed by atoms with van der Waals surface area (Å²) < 4.78 is 34.3. The summed E-state index contributed by atoms with van der Waals surface area (Å²) in [4.78, 5) is 27.9. The summed E-state index contributed by atoms with van der Waals surface area (Å²) >= 11 is 0. The minimum absolute atomic E-state index is 0.0655. The van der Waals surface area contributed by atoms with Crippen LogP contribution in [0.5, 0.6) is 0 Å². The molecular formula is C17H22F2N4O3. The van der Waals surface area contributed by atoms with Gasteiger partial charge in [-0.3, -0.25) is 9.69 Å². The van der Waals surface area contributed by atoms with Gasteiger partial charge in [-0.15, -0.1) is 0 Å². The Balaban J connectivity index is 1.75. The van der Waals surface area contributed by atoms with Crippen LogP contribution in [0.3, 0.4) is 0 Å². The van der Waals surface area contributed by atoms with Crippen molar-refractivity contribution in [1.29, 1.82) is 0 Å². The number of benzene rings is 1. The summed E-state index contributed by atoms with van der Waals surface area (Å²) in [5.41, 5.74) is 0.0393. The van der Waals surface area contributed by atoms with Crippen LogP contribution in [0.2, 0.25) is 0 Å². The van der Waals surface area contributed by atoms with Crippen LogP contribution in [0.25, 0.3) is 0 Å². The number of anilines is 2. The van der Waals surface area contributed by atoms with Crippen LogP contribution in [-0.2, 0) is 9.53 Å². The van der Waals surface area contributed by atoms with E-state index in [1.807, 2.05) is 7.05 Å². The Hall–Kier alpha value is -2.42. The molecule has 2 saturated heterocycles. The molecule has 1 aromatic rings. The van der Waals surface area contributed by atoms with Gasteiger partial charge in [0.25, 0.3) is 0 Å². The van der Waals surface area contributed by atoms with Crippen molar-refractivity contribution in [3.8, 4) is 0 Å². The number of halogens is 2. The highest BCUT2D eigenvalue weighted by atomic mass is 19.1. The van der Waals surface area contributed by atoms with E-state index < -0.39 is 23.8 Å². The van der Waals surface area contributed by atoms with Gasteiger partial charge in [0.05, 0.1) is 18.8 Å². The van der Waals surface area contributed by atoms with Crippen molar-refractivity contribution in [3.05, 3.63) is 23.8 Å². The number of hydrogen-bond donors (Lipinski definition) is 1. The van der Waals surface area contributed by atoms with E-state index in [0.29, 0.717) is 13.1 Å². The molecule has 0 radical (unpaired) electrons. The predicted octanol–water partition coefficient (Wildman–Crippen LogP) is 1.18. The van der Waals surface area contributed by atoms with Crippen LogP contribution in [-0.4, -0.2) is 69.3 Å². The van der Waals surface area contributed by atoms with Gasteiger partial charge in [-0.1, -0.05) is 0 Å². The first-order valence-corrected chi connectivity index (χ1v) is 8.50. The smallest absolute Gasteiger partial charge is 0.414 e. The van der Waals surface area contributed by atoms with E-state index in [1.165, 1.54) is 11.8 Å². The van der Waals surface area contributed by atoms with Gasteiger partial charge in [-0.2, -0.15) is 0 Å². The highest BCUT2D eigenvalue weighted by molar-refractivity contribution is 5.90. The number of rotatable bonds is 4. The van der Waals surface area contributed by atoms with Crippen LogP contribution in [0, 0.1) is 11.6 Å². The molecule has 0 aromatic heterocycles. The Morgan fingerprint density at radius 2 is 1.85 bits per heavy atom. The summed E-state index contributed by atoms with van der Waals surface area (Å²) in [6, 6.07) is 2.30. The lowest BCUT2D eigenvalue weighted by Gasteiger charge is -2.34. The number of ether oxygens (including phenoxy) is 1. The van der Waals surface area contributed by atoms with Crippen molar-refractivity contribution in [2.24, 2.45) is 0 Å². The molecule has 2 aliphatic heterocycles. The number of nitrogens with zero attached hydrogens (tertiary/aromatic N) is 3. The van der Waals surface area contributed by atoms with Crippen LogP contribution in [0.4, 0.5) is 25.0 Å². The van der Waals surface area contributed by atoms with Crippen LogP contribution in [0.1, 0.15) is 6.92 Å². The maximum Gasteiger partial charge on any atom is 0.414 e. The average molecular weight is 368 g/mol. The van der Waals surface area contributed by atoms with E-state index >= 15 is 0 Å². The summed E-state index contributed by atoms with van der Waals surface area (Å²) in [5.74, 6) is -1.65. The summed E-state index contributed by atoms with van der Waals surface area (Å²) in [6.07, 6.45) is -1.25. The molecule has 0 saturated carbocycles. The fourth-order valence-corrected chi connectivity index (χ4v) is 3.14. The van der Waals surface area contributed by atoms with Crippen molar-refractivity contribution in [2.75, 3.05) is 56.1 Å². The highest BCUT2D eigenvalue weighted by Crippen LogP contribution is 2.31. The topological polar surface area (TPSA) is 65.1 Å². The quantitative estimate of drug-likeness (QED) is 0.865. The fraction of sp³-hybridized carbons (Fsp3) is 0.529. The third-order valence-corrected chi connectivity index (χ3v) is 4.59. The number of carbonyl (C=O) groups is 2. The minimum atomic E-state index is -0.706.